The van der Waals surface area contributed by atoms with Crippen molar-refractivity contribution >= 4 is 38.6 Å². The van der Waals surface area contributed by atoms with Crippen molar-refractivity contribution in [1.29, 1.82) is 0 Å². The Labute approximate surface area is 286 Å². The minimum Gasteiger partial charge on any atom is -0.309 e. The van der Waals surface area contributed by atoms with Crippen molar-refractivity contribution in [3.63, 3.8) is 0 Å². The molecule has 0 aliphatic rings. The molecule has 1 heteroatoms. The number of hydrogen-bond acceptors (Lipinski definition) is 1. The molecule has 0 heterocycles. The molecule has 7 rings (SSSR count). The van der Waals surface area contributed by atoms with Gasteiger partial charge in [-0.25, -0.2) is 0 Å². The van der Waals surface area contributed by atoms with Gasteiger partial charge in [0.05, 0.1) is 5.69 Å². The zero-order valence-corrected chi connectivity index (χ0v) is 29.6. The third-order valence-electron chi connectivity index (χ3n) is 10.7. The second kappa shape index (κ2) is 12.5. The normalized spacial score (nSPS) is 11.5. The van der Waals surface area contributed by atoms with Crippen LogP contribution < -0.4 is 4.90 Å². The lowest BCUT2D eigenvalue weighted by Crippen LogP contribution is -2.14. The predicted octanol–water partition coefficient (Wildman–Crippen LogP) is 13.1. The molecular formula is C47H45N. The number of benzene rings is 7. The molecule has 0 N–H and O–H groups in total. The van der Waals surface area contributed by atoms with Gasteiger partial charge in [0.2, 0.25) is 0 Å². The van der Waals surface area contributed by atoms with Crippen LogP contribution in [0.25, 0.3) is 21.5 Å². The van der Waals surface area contributed by atoms with Crippen LogP contribution in [0, 0.1) is 55.4 Å². The molecule has 7 aromatic rings. The third-order valence-corrected chi connectivity index (χ3v) is 10.7. The zero-order valence-electron chi connectivity index (χ0n) is 29.6. The van der Waals surface area contributed by atoms with Crippen LogP contribution in [0.3, 0.4) is 0 Å². The Hall–Kier alpha value is -5.14. The van der Waals surface area contributed by atoms with E-state index < -0.39 is 0 Å². The molecular weight excluding hydrogens is 579 g/mol. The summed E-state index contributed by atoms with van der Waals surface area (Å²) in [6.07, 6.45) is 0. The quantitative estimate of drug-likeness (QED) is 0.132. The van der Waals surface area contributed by atoms with Crippen LogP contribution in [0.1, 0.15) is 67.1 Å². The Morgan fingerprint density at radius 3 is 1.08 bits per heavy atom. The molecule has 0 atom stereocenters. The van der Waals surface area contributed by atoms with Gasteiger partial charge >= 0.3 is 0 Å². The van der Waals surface area contributed by atoms with E-state index in [2.05, 4.69) is 182 Å². The van der Waals surface area contributed by atoms with Crippen LogP contribution in [-0.2, 0) is 0 Å². The molecule has 0 bridgehead atoms. The van der Waals surface area contributed by atoms with Gasteiger partial charge in [-0.2, -0.15) is 0 Å². The fraction of sp³-hybridized carbons (Fsp3) is 0.191. The van der Waals surface area contributed by atoms with E-state index in [0.717, 1.165) is 0 Å². The van der Waals surface area contributed by atoms with Gasteiger partial charge in [-0.3, -0.25) is 0 Å². The van der Waals surface area contributed by atoms with Crippen LogP contribution in [0.4, 0.5) is 17.1 Å². The van der Waals surface area contributed by atoms with E-state index in [-0.39, 0.29) is 5.92 Å². The molecule has 0 spiro atoms. The van der Waals surface area contributed by atoms with Crippen molar-refractivity contribution in [3.05, 3.63) is 183 Å². The van der Waals surface area contributed by atoms with E-state index in [4.69, 9.17) is 0 Å². The molecule has 0 unspecified atom stereocenters. The minimum atomic E-state index is 0.0594. The highest BCUT2D eigenvalue weighted by atomic mass is 15.1. The first-order valence-electron chi connectivity index (χ1n) is 17.1. The fourth-order valence-electron chi connectivity index (χ4n) is 7.24. The Morgan fingerprint density at radius 2 is 0.708 bits per heavy atom. The third kappa shape index (κ3) is 5.48. The topological polar surface area (TPSA) is 3.24 Å². The summed E-state index contributed by atoms with van der Waals surface area (Å²) in [6.45, 7) is 17.7. The summed E-state index contributed by atoms with van der Waals surface area (Å²) in [6, 6.07) is 46.0. The molecule has 7 aromatic carbocycles. The van der Waals surface area contributed by atoms with Gasteiger partial charge in [-0.1, -0.05) is 97.1 Å². The van der Waals surface area contributed by atoms with Gasteiger partial charge in [0.1, 0.15) is 0 Å². The Morgan fingerprint density at radius 1 is 0.354 bits per heavy atom. The molecule has 1 nitrogen and oxygen atoms in total. The van der Waals surface area contributed by atoms with Crippen LogP contribution in [0.15, 0.2) is 121 Å². The summed E-state index contributed by atoms with van der Waals surface area (Å²) >= 11 is 0. The van der Waals surface area contributed by atoms with Gasteiger partial charge in [0, 0.05) is 28.1 Å². The van der Waals surface area contributed by atoms with E-state index in [1.807, 2.05) is 0 Å². The molecule has 0 saturated heterocycles. The van der Waals surface area contributed by atoms with Crippen molar-refractivity contribution in [2.75, 3.05) is 4.90 Å². The molecule has 0 amide bonds. The summed E-state index contributed by atoms with van der Waals surface area (Å²) in [5.41, 5.74) is 18.0. The average Bonchev–Trinajstić information content (AvgIpc) is 3.08. The number of aryl methyl sites for hydroxylation is 8. The first-order valence-corrected chi connectivity index (χ1v) is 17.1. The van der Waals surface area contributed by atoms with Gasteiger partial charge in [0.15, 0.2) is 0 Å². The Balaban J connectivity index is 1.62. The van der Waals surface area contributed by atoms with E-state index in [0.29, 0.717) is 0 Å². The Bertz CT molecular complexity index is 2010. The standard InChI is InChI=1S/C47H45N/c1-29-17-21-37(25-33(29)5)45(38-22-18-30(2)34(6)26-38)46-41-13-9-11-15-43(41)47(44-16-12-10-14-42(44)46)48(39-23-19-31(3)35(7)27-39)40-24-20-32(4)36(8)28-40/h9-28,45H,1-8H3. The number of anilines is 3. The van der Waals surface area contributed by atoms with Crippen molar-refractivity contribution in [2.24, 2.45) is 0 Å². The number of rotatable bonds is 6. The largest absolute Gasteiger partial charge is 0.309 e. The number of hydrogen-bond donors (Lipinski definition) is 0. The maximum absolute atomic E-state index is 2.49. The van der Waals surface area contributed by atoms with Crippen molar-refractivity contribution in [1.82, 2.24) is 0 Å². The summed E-state index contributed by atoms with van der Waals surface area (Å²) < 4.78 is 0. The van der Waals surface area contributed by atoms with E-state index >= 15 is 0 Å². The van der Waals surface area contributed by atoms with Crippen LogP contribution in [-0.4, -0.2) is 0 Å². The molecule has 0 aromatic heterocycles. The van der Waals surface area contributed by atoms with Gasteiger partial charge in [0.25, 0.3) is 0 Å². The van der Waals surface area contributed by atoms with Crippen molar-refractivity contribution in [2.45, 2.75) is 61.3 Å². The van der Waals surface area contributed by atoms with E-state index in [1.54, 1.807) is 0 Å². The molecule has 0 saturated carbocycles. The van der Waals surface area contributed by atoms with Crippen molar-refractivity contribution in [3.8, 4) is 0 Å². The number of nitrogens with zero attached hydrogens (tertiary/aromatic N) is 1. The lowest BCUT2D eigenvalue weighted by atomic mass is 9.78. The minimum absolute atomic E-state index is 0.0594. The SMILES string of the molecule is Cc1ccc(C(c2ccc(C)c(C)c2)c2c3ccccc3c(N(c3ccc(C)c(C)c3)c3ccc(C)c(C)c3)c3ccccc23)cc1C. The highest BCUT2D eigenvalue weighted by Gasteiger charge is 2.27. The fourth-order valence-corrected chi connectivity index (χ4v) is 7.24. The van der Waals surface area contributed by atoms with Gasteiger partial charge in [-0.15, -0.1) is 0 Å². The lowest BCUT2D eigenvalue weighted by Gasteiger charge is -2.32. The molecule has 238 valence electrons. The molecule has 48 heavy (non-hydrogen) atoms. The average molecular weight is 624 g/mol. The molecule has 0 aliphatic carbocycles. The molecule has 0 fully saturated rings. The highest BCUT2D eigenvalue weighted by Crippen LogP contribution is 2.49. The molecule has 0 radical (unpaired) electrons. The first-order chi connectivity index (χ1) is 23.1. The van der Waals surface area contributed by atoms with Gasteiger partial charge in [-0.05, 0) is 152 Å². The van der Waals surface area contributed by atoms with E-state index in [9.17, 15) is 0 Å². The summed E-state index contributed by atoms with van der Waals surface area (Å²) in [7, 11) is 0. The van der Waals surface area contributed by atoms with Crippen LogP contribution in [0.5, 0.6) is 0 Å². The number of fused-ring (bicyclic) bond motifs is 2. The molecule has 0 aliphatic heterocycles. The first kappa shape index (κ1) is 31.5. The van der Waals surface area contributed by atoms with E-state index in [1.165, 1.54) is 99.8 Å². The summed E-state index contributed by atoms with van der Waals surface area (Å²) in [5.74, 6) is 0.0594. The zero-order chi connectivity index (χ0) is 33.7. The Kier molecular flexibility index (Phi) is 8.17. The smallest absolute Gasteiger partial charge is 0.0618 e. The maximum atomic E-state index is 2.49. The predicted molar refractivity (Wildman–Crippen MR) is 208 cm³/mol. The van der Waals surface area contributed by atoms with Crippen LogP contribution in [0.2, 0.25) is 0 Å². The lowest BCUT2D eigenvalue weighted by molar-refractivity contribution is 0.987. The highest BCUT2D eigenvalue weighted by molar-refractivity contribution is 6.17. The monoisotopic (exact) mass is 623 g/mol. The summed E-state index contributed by atoms with van der Waals surface area (Å²) in [4.78, 5) is 2.49. The summed E-state index contributed by atoms with van der Waals surface area (Å²) in [5, 5.41) is 5.07. The second-order valence-electron chi connectivity index (χ2n) is 13.8. The van der Waals surface area contributed by atoms with Crippen LogP contribution >= 0.6 is 0 Å². The second-order valence-corrected chi connectivity index (χ2v) is 13.8. The van der Waals surface area contributed by atoms with Crippen molar-refractivity contribution < 1.29 is 0 Å². The maximum Gasteiger partial charge on any atom is 0.0618 e. The van der Waals surface area contributed by atoms with Gasteiger partial charge < -0.3 is 4.90 Å².